The summed E-state index contributed by atoms with van der Waals surface area (Å²) in [6, 6.07) is 17.8. The van der Waals surface area contributed by atoms with E-state index in [0.717, 1.165) is 19.4 Å². The lowest BCUT2D eigenvalue weighted by molar-refractivity contribution is 0.623. The minimum Gasteiger partial charge on any atom is -0.319 e. The van der Waals surface area contributed by atoms with Crippen molar-refractivity contribution in [1.29, 1.82) is 0 Å². The first kappa shape index (κ1) is 14.8. The smallest absolute Gasteiger partial charge is 0.00204 e. The minimum atomic E-state index is 0.536. The highest BCUT2D eigenvalue weighted by Gasteiger charge is 2.13. The molecule has 1 N–H and O–H groups in total. The molecular formula is C19H25N. The lowest BCUT2D eigenvalue weighted by Crippen LogP contribution is -2.20. The molecule has 0 heterocycles. The maximum Gasteiger partial charge on any atom is 0.00204 e. The fourth-order valence-electron chi connectivity index (χ4n) is 2.78. The van der Waals surface area contributed by atoms with Crippen molar-refractivity contribution < 1.29 is 0 Å². The summed E-state index contributed by atoms with van der Waals surface area (Å²) in [6.07, 6.45) is 2.20. The van der Waals surface area contributed by atoms with E-state index in [0.29, 0.717) is 5.92 Å². The van der Waals surface area contributed by atoms with Crippen molar-refractivity contribution in [2.75, 3.05) is 13.6 Å². The number of nitrogens with one attached hydrogen (secondary N) is 1. The number of likely N-dealkylation sites (N-methyl/N-ethyl adjacent to an activating group) is 1. The van der Waals surface area contributed by atoms with Crippen LogP contribution < -0.4 is 5.32 Å². The zero-order valence-electron chi connectivity index (χ0n) is 12.8. The van der Waals surface area contributed by atoms with E-state index in [1.54, 1.807) is 0 Å². The van der Waals surface area contributed by atoms with Crippen LogP contribution in [0, 0.1) is 6.92 Å². The van der Waals surface area contributed by atoms with Crippen molar-refractivity contribution >= 4 is 0 Å². The van der Waals surface area contributed by atoms with Crippen LogP contribution in [0.3, 0.4) is 0 Å². The molecule has 0 amide bonds. The maximum absolute atomic E-state index is 3.34. The molecule has 106 valence electrons. The molecule has 0 aliphatic carbocycles. The summed E-state index contributed by atoms with van der Waals surface area (Å²) >= 11 is 0. The van der Waals surface area contributed by atoms with Gasteiger partial charge in [0.25, 0.3) is 0 Å². The highest BCUT2D eigenvalue weighted by Crippen LogP contribution is 2.23. The number of hydrogen-bond donors (Lipinski definition) is 1. The fourth-order valence-corrected chi connectivity index (χ4v) is 2.78. The fraction of sp³-hybridized carbons (Fsp3) is 0.368. The van der Waals surface area contributed by atoms with Gasteiger partial charge < -0.3 is 5.32 Å². The number of benzene rings is 2. The van der Waals surface area contributed by atoms with Crippen LogP contribution in [-0.2, 0) is 12.8 Å². The van der Waals surface area contributed by atoms with Gasteiger partial charge in [0.15, 0.2) is 0 Å². The van der Waals surface area contributed by atoms with Crippen LogP contribution in [0.2, 0.25) is 0 Å². The Hall–Kier alpha value is -1.60. The second kappa shape index (κ2) is 7.25. The Bertz CT molecular complexity index is 528. The molecule has 20 heavy (non-hydrogen) atoms. The monoisotopic (exact) mass is 267 g/mol. The van der Waals surface area contributed by atoms with Gasteiger partial charge in [0.1, 0.15) is 0 Å². The van der Waals surface area contributed by atoms with E-state index in [-0.39, 0.29) is 0 Å². The van der Waals surface area contributed by atoms with Gasteiger partial charge in [0.2, 0.25) is 0 Å². The third kappa shape index (κ3) is 3.71. The molecule has 1 atom stereocenters. The van der Waals surface area contributed by atoms with Crippen LogP contribution in [0.15, 0.2) is 48.5 Å². The molecule has 2 rings (SSSR count). The van der Waals surface area contributed by atoms with Crippen LogP contribution >= 0.6 is 0 Å². The van der Waals surface area contributed by atoms with Crippen LogP contribution in [0.4, 0.5) is 0 Å². The van der Waals surface area contributed by atoms with E-state index in [1.807, 2.05) is 7.05 Å². The Morgan fingerprint density at radius 3 is 2.20 bits per heavy atom. The van der Waals surface area contributed by atoms with E-state index < -0.39 is 0 Å². The molecule has 2 aromatic carbocycles. The summed E-state index contributed by atoms with van der Waals surface area (Å²) in [5, 5.41) is 3.34. The van der Waals surface area contributed by atoms with Gasteiger partial charge in [-0.1, -0.05) is 55.5 Å². The Balaban J connectivity index is 2.18. The van der Waals surface area contributed by atoms with Crippen LogP contribution in [0.5, 0.6) is 0 Å². The highest BCUT2D eigenvalue weighted by molar-refractivity contribution is 5.32. The van der Waals surface area contributed by atoms with Crippen molar-refractivity contribution in [2.24, 2.45) is 0 Å². The molecule has 0 aliphatic heterocycles. The number of aryl methyl sites for hydroxylation is 2. The molecule has 0 saturated heterocycles. The average Bonchev–Trinajstić information content (AvgIpc) is 2.48. The topological polar surface area (TPSA) is 12.0 Å². The van der Waals surface area contributed by atoms with Gasteiger partial charge in [-0.2, -0.15) is 0 Å². The van der Waals surface area contributed by atoms with Crippen LogP contribution in [0.25, 0.3) is 0 Å². The van der Waals surface area contributed by atoms with Crippen molar-refractivity contribution in [3.8, 4) is 0 Å². The Morgan fingerprint density at radius 1 is 0.950 bits per heavy atom. The molecule has 0 aromatic heterocycles. The van der Waals surface area contributed by atoms with Gasteiger partial charge in [0.05, 0.1) is 0 Å². The van der Waals surface area contributed by atoms with Crippen LogP contribution in [0.1, 0.15) is 35.1 Å². The van der Waals surface area contributed by atoms with Crippen LogP contribution in [-0.4, -0.2) is 13.6 Å². The van der Waals surface area contributed by atoms with Gasteiger partial charge in [-0.3, -0.25) is 0 Å². The second-order valence-corrected chi connectivity index (χ2v) is 5.49. The Morgan fingerprint density at radius 2 is 1.60 bits per heavy atom. The van der Waals surface area contributed by atoms with Gasteiger partial charge in [-0.25, -0.2) is 0 Å². The van der Waals surface area contributed by atoms with E-state index in [9.17, 15) is 0 Å². The minimum absolute atomic E-state index is 0.536. The molecule has 0 radical (unpaired) electrons. The largest absolute Gasteiger partial charge is 0.319 e. The molecule has 0 fully saturated rings. The first-order chi connectivity index (χ1) is 9.74. The molecule has 1 nitrogen and oxygen atoms in total. The molecular weight excluding hydrogens is 242 g/mol. The molecule has 0 aliphatic rings. The van der Waals surface area contributed by atoms with E-state index >= 15 is 0 Å². The lowest BCUT2D eigenvalue weighted by atomic mass is 9.89. The SMILES string of the molecule is CCc1ccc(CC(CNC)c2ccccc2C)cc1. The summed E-state index contributed by atoms with van der Waals surface area (Å²) in [4.78, 5) is 0. The lowest BCUT2D eigenvalue weighted by Gasteiger charge is -2.19. The van der Waals surface area contributed by atoms with Gasteiger partial charge in [-0.15, -0.1) is 0 Å². The third-order valence-corrected chi connectivity index (χ3v) is 3.99. The Labute approximate surface area is 123 Å². The molecule has 0 spiro atoms. The second-order valence-electron chi connectivity index (χ2n) is 5.49. The van der Waals surface area contributed by atoms with Crippen molar-refractivity contribution in [3.05, 3.63) is 70.8 Å². The predicted molar refractivity (Wildman–Crippen MR) is 87.4 cm³/mol. The first-order valence-corrected chi connectivity index (χ1v) is 7.52. The quantitative estimate of drug-likeness (QED) is 0.830. The third-order valence-electron chi connectivity index (χ3n) is 3.99. The Kier molecular flexibility index (Phi) is 5.37. The molecule has 0 saturated carbocycles. The summed E-state index contributed by atoms with van der Waals surface area (Å²) < 4.78 is 0. The number of rotatable bonds is 6. The maximum atomic E-state index is 3.34. The van der Waals surface area contributed by atoms with Crippen molar-refractivity contribution in [3.63, 3.8) is 0 Å². The highest BCUT2D eigenvalue weighted by atomic mass is 14.8. The molecule has 2 aromatic rings. The van der Waals surface area contributed by atoms with E-state index in [2.05, 4.69) is 67.7 Å². The molecule has 1 unspecified atom stereocenters. The molecule has 1 heteroatoms. The van der Waals surface area contributed by atoms with Crippen molar-refractivity contribution in [1.82, 2.24) is 5.32 Å². The first-order valence-electron chi connectivity index (χ1n) is 7.52. The zero-order chi connectivity index (χ0) is 14.4. The van der Waals surface area contributed by atoms with E-state index in [4.69, 9.17) is 0 Å². The van der Waals surface area contributed by atoms with E-state index in [1.165, 1.54) is 22.3 Å². The van der Waals surface area contributed by atoms with Gasteiger partial charge in [-0.05, 0) is 49.1 Å². The standard InChI is InChI=1S/C19H25N/c1-4-16-9-11-17(12-10-16)13-18(14-20-3)19-8-6-5-7-15(19)2/h5-12,18,20H,4,13-14H2,1-3H3. The van der Waals surface area contributed by atoms with Gasteiger partial charge >= 0.3 is 0 Å². The zero-order valence-corrected chi connectivity index (χ0v) is 12.8. The summed E-state index contributed by atoms with van der Waals surface area (Å²) in [7, 11) is 2.03. The predicted octanol–water partition coefficient (Wildman–Crippen LogP) is 4.10. The molecule has 0 bridgehead atoms. The summed E-state index contributed by atoms with van der Waals surface area (Å²) in [6.45, 7) is 5.42. The van der Waals surface area contributed by atoms with Crippen molar-refractivity contribution in [2.45, 2.75) is 32.6 Å². The summed E-state index contributed by atoms with van der Waals surface area (Å²) in [5.74, 6) is 0.536. The van der Waals surface area contributed by atoms with Gasteiger partial charge in [0, 0.05) is 12.5 Å². The summed E-state index contributed by atoms with van der Waals surface area (Å²) in [5.41, 5.74) is 5.68. The normalized spacial score (nSPS) is 12.3. The average molecular weight is 267 g/mol. The number of hydrogen-bond acceptors (Lipinski definition) is 1.